The zero-order chi connectivity index (χ0) is 19.7. The van der Waals surface area contributed by atoms with E-state index in [-0.39, 0.29) is 34.4 Å². The van der Waals surface area contributed by atoms with Gasteiger partial charge in [0.1, 0.15) is 4.21 Å². The van der Waals surface area contributed by atoms with Crippen LogP contribution < -0.4 is 24.2 Å². The van der Waals surface area contributed by atoms with Crippen molar-refractivity contribution in [2.45, 2.75) is 23.1 Å². The van der Waals surface area contributed by atoms with Gasteiger partial charge in [-0.25, -0.2) is 8.42 Å². The second kappa shape index (κ2) is 7.36. The summed E-state index contributed by atoms with van der Waals surface area (Å²) < 4.78 is 44.4. The molecule has 1 aromatic carbocycles. The Labute approximate surface area is 166 Å². The maximum atomic E-state index is 12.7. The van der Waals surface area contributed by atoms with Gasteiger partial charge in [0.15, 0.2) is 11.5 Å². The number of methoxy groups -OCH3 is 1. The summed E-state index contributed by atoms with van der Waals surface area (Å²) in [5.41, 5.74) is 0.600. The number of hydrogen-bond acceptors (Lipinski definition) is 7. The van der Waals surface area contributed by atoms with Gasteiger partial charge in [-0.2, -0.15) is 0 Å². The van der Waals surface area contributed by atoms with E-state index in [4.69, 9.17) is 14.2 Å². The number of ether oxygens (including phenoxy) is 3. The van der Waals surface area contributed by atoms with Crippen molar-refractivity contribution in [3.05, 3.63) is 35.2 Å². The number of rotatable bonds is 7. The van der Waals surface area contributed by atoms with Crippen molar-refractivity contribution in [3.8, 4) is 17.2 Å². The summed E-state index contributed by atoms with van der Waals surface area (Å²) in [5, 5.41) is 4.52. The van der Waals surface area contributed by atoms with Crippen LogP contribution in [0.15, 0.2) is 33.9 Å². The number of amides is 1. The summed E-state index contributed by atoms with van der Waals surface area (Å²) in [4.78, 5) is 12.1. The van der Waals surface area contributed by atoms with Gasteiger partial charge in [-0.15, -0.1) is 11.3 Å². The highest BCUT2D eigenvalue weighted by Crippen LogP contribution is 2.47. The van der Waals surface area contributed by atoms with Crippen LogP contribution in [-0.2, 0) is 14.8 Å². The smallest absolute Gasteiger partial charge is 0.271 e. The van der Waals surface area contributed by atoms with Crippen molar-refractivity contribution in [2.24, 2.45) is 0 Å². The molecule has 1 aliphatic carbocycles. The summed E-state index contributed by atoms with van der Waals surface area (Å²) in [6.07, 6.45) is 4.80. The number of sulfonamides is 1. The maximum absolute atomic E-state index is 12.7. The van der Waals surface area contributed by atoms with Gasteiger partial charge >= 0.3 is 0 Å². The lowest BCUT2D eigenvalue weighted by Gasteiger charge is -2.15. The third kappa shape index (κ3) is 3.78. The predicted octanol–water partition coefficient (Wildman–Crippen LogP) is 2.58. The van der Waals surface area contributed by atoms with Crippen LogP contribution in [0, 0.1) is 0 Å². The van der Waals surface area contributed by atoms with Gasteiger partial charge in [0.05, 0.1) is 12.8 Å². The number of benzene rings is 1. The first-order valence-electron chi connectivity index (χ1n) is 8.53. The Morgan fingerprint density at radius 1 is 1.36 bits per heavy atom. The van der Waals surface area contributed by atoms with Crippen molar-refractivity contribution >= 4 is 39.0 Å². The molecule has 2 heterocycles. The first-order valence-corrected chi connectivity index (χ1v) is 10.9. The van der Waals surface area contributed by atoms with E-state index in [1.807, 2.05) is 0 Å². The van der Waals surface area contributed by atoms with E-state index < -0.39 is 10.0 Å². The molecule has 2 aliphatic rings. The van der Waals surface area contributed by atoms with E-state index >= 15 is 0 Å². The lowest BCUT2D eigenvalue weighted by molar-refractivity contribution is -0.116. The lowest BCUT2D eigenvalue weighted by atomic mass is 10.1. The molecule has 1 fully saturated rings. The fourth-order valence-electron chi connectivity index (χ4n) is 2.73. The van der Waals surface area contributed by atoms with Crippen LogP contribution >= 0.6 is 11.3 Å². The number of carbonyl (C=O) groups excluding carboxylic acids is 1. The quantitative estimate of drug-likeness (QED) is 0.665. The molecule has 1 saturated carbocycles. The highest BCUT2D eigenvalue weighted by molar-refractivity contribution is 7.94. The molecule has 1 amide bonds. The number of hydrogen-bond donors (Lipinski definition) is 2. The molecule has 0 saturated heterocycles. The molecular formula is C18H18N2O6S2. The van der Waals surface area contributed by atoms with E-state index in [0.29, 0.717) is 17.1 Å². The highest BCUT2D eigenvalue weighted by Gasteiger charge is 2.27. The van der Waals surface area contributed by atoms with Crippen LogP contribution in [0.25, 0.3) is 6.08 Å². The third-order valence-electron chi connectivity index (χ3n) is 4.19. The number of thiophene rings is 1. The lowest BCUT2D eigenvalue weighted by Crippen LogP contribution is -2.22. The summed E-state index contributed by atoms with van der Waals surface area (Å²) in [6.45, 7) is -0.00184. The molecule has 1 aromatic heterocycles. The largest absolute Gasteiger partial charge is 0.492 e. The molecule has 8 nitrogen and oxygen atoms in total. The Morgan fingerprint density at radius 2 is 2.18 bits per heavy atom. The van der Waals surface area contributed by atoms with Crippen LogP contribution in [0.5, 0.6) is 17.2 Å². The molecule has 1 aliphatic heterocycles. The van der Waals surface area contributed by atoms with E-state index in [1.54, 1.807) is 11.4 Å². The topological polar surface area (TPSA) is 103 Å². The van der Waals surface area contributed by atoms with Crippen LogP contribution in [0.2, 0.25) is 0 Å². The Morgan fingerprint density at radius 3 is 2.86 bits per heavy atom. The molecule has 0 unspecified atom stereocenters. The molecule has 0 bridgehead atoms. The van der Waals surface area contributed by atoms with Gasteiger partial charge in [0, 0.05) is 23.7 Å². The Balaban J connectivity index is 1.73. The predicted molar refractivity (Wildman–Crippen MR) is 104 cm³/mol. The second-order valence-electron chi connectivity index (χ2n) is 6.26. The molecule has 28 heavy (non-hydrogen) atoms. The average molecular weight is 422 g/mol. The van der Waals surface area contributed by atoms with E-state index in [2.05, 4.69) is 10.0 Å². The third-order valence-corrected chi connectivity index (χ3v) is 6.95. The van der Waals surface area contributed by atoms with Crippen molar-refractivity contribution in [1.29, 1.82) is 0 Å². The first-order chi connectivity index (χ1) is 13.5. The number of fused-ring (bicyclic) bond motifs is 1. The number of anilines is 1. The maximum Gasteiger partial charge on any atom is 0.271 e. The van der Waals surface area contributed by atoms with E-state index in [1.165, 1.54) is 31.4 Å². The number of nitrogens with one attached hydrogen (secondary N) is 2. The van der Waals surface area contributed by atoms with Crippen LogP contribution in [0.4, 0.5) is 5.69 Å². The molecule has 10 heteroatoms. The normalized spacial score (nSPS) is 15.6. The number of carbonyl (C=O) groups is 1. The van der Waals surface area contributed by atoms with Crippen LogP contribution in [0.3, 0.4) is 0 Å². The molecule has 0 radical (unpaired) electrons. The molecular weight excluding hydrogens is 404 g/mol. The van der Waals surface area contributed by atoms with Crippen molar-refractivity contribution < 1.29 is 27.4 Å². The van der Waals surface area contributed by atoms with Gasteiger partial charge in [-0.05, 0) is 30.4 Å². The summed E-state index contributed by atoms with van der Waals surface area (Å²) in [7, 11) is -2.36. The van der Waals surface area contributed by atoms with Crippen LogP contribution in [0.1, 0.15) is 18.4 Å². The fraction of sp³-hybridized carbons (Fsp3) is 0.278. The summed E-state index contributed by atoms with van der Waals surface area (Å²) >= 11 is 1.10. The van der Waals surface area contributed by atoms with Gasteiger partial charge in [-0.3, -0.25) is 9.52 Å². The Hall–Kier alpha value is -2.72. The second-order valence-corrected chi connectivity index (χ2v) is 9.12. The van der Waals surface area contributed by atoms with Crippen molar-refractivity contribution in [3.63, 3.8) is 0 Å². The van der Waals surface area contributed by atoms with Gasteiger partial charge < -0.3 is 19.5 Å². The Bertz CT molecular complexity index is 1030. The van der Waals surface area contributed by atoms with Crippen LogP contribution in [-0.4, -0.2) is 34.3 Å². The monoisotopic (exact) mass is 422 g/mol. The molecule has 0 atom stereocenters. The standard InChI is InChI=1S/C18H18N2O6S2/c1-24-17-12(6-7-15(21)19-11-4-5-11)13(9-14-18(17)26-10-25-14)20-28(22,23)16-3-2-8-27-16/h2-3,6-9,11,20H,4-5,10H2,1H3,(H,19,21)/b7-6+. The zero-order valence-electron chi connectivity index (χ0n) is 14.9. The minimum atomic E-state index is -3.80. The fourth-order valence-corrected chi connectivity index (χ4v) is 4.79. The Kier molecular flexibility index (Phi) is 4.90. The minimum Gasteiger partial charge on any atom is -0.492 e. The van der Waals surface area contributed by atoms with Gasteiger partial charge in [0.25, 0.3) is 10.0 Å². The molecule has 148 valence electrons. The van der Waals surface area contributed by atoms with Gasteiger partial charge in [0.2, 0.25) is 18.4 Å². The summed E-state index contributed by atoms with van der Waals surface area (Å²) in [6, 6.07) is 4.90. The van der Waals surface area contributed by atoms with Crippen molar-refractivity contribution in [1.82, 2.24) is 5.32 Å². The molecule has 0 spiro atoms. The SMILES string of the molecule is COc1c(/C=C/C(=O)NC2CC2)c(NS(=O)(=O)c2cccs2)cc2c1OCO2. The van der Waals surface area contributed by atoms with E-state index in [9.17, 15) is 13.2 Å². The van der Waals surface area contributed by atoms with Crippen molar-refractivity contribution in [2.75, 3.05) is 18.6 Å². The average Bonchev–Trinajstić information content (AvgIpc) is 3.13. The van der Waals surface area contributed by atoms with Gasteiger partial charge in [-0.1, -0.05) is 6.07 Å². The summed E-state index contributed by atoms with van der Waals surface area (Å²) in [5.74, 6) is 0.757. The highest BCUT2D eigenvalue weighted by atomic mass is 32.2. The first kappa shape index (κ1) is 18.6. The molecule has 2 aromatic rings. The molecule has 2 N–H and O–H groups in total. The minimum absolute atomic E-state index is 0.00184. The van der Waals surface area contributed by atoms with E-state index in [0.717, 1.165) is 24.2 Å². The molecule has 4 rings (SSSR count). The zero-order valence-corrected chi connectivity index (χ0v) is 16.6.